The van der Waals surface area contributed by atoms with Crippen molar-refractivity contribution < 1.29 is 28.9 Å². The Morgan fingerprint density at radius 1 is 0.892 bits per heavy atom. The second kappa shape index (κ2) is 10.4. The van der Waals surface area contributed by atoms with Gasteiger partial charge >= 0.3 is 0 Å². The summed E-state index contributed by atoms with van der Waals surface area (Å²) in [5.74, 6) is -0.820. The van der Waals surface area contributed by atoms with E-state index in [1.54, 1.807) is 36.4 Å². The van der Waals surface area contributed by atoms with Gasteiger partial charge in [0.1, 0.15) is 23.0 Å². The van der Waals surface area contributed by atoms with Crippen molar-refractivity contribution in [1.82, 2.24) is 0 Å². The van der Waals surface area contributed by atoms with Gasteiger partial charge in [-0.25, -0.2) is 0 Å². The zero-order chi connectivity index (χ0) is 26.9. The molecule has 0 spiro atoms. The highest BCUT2D eigenvalue weighted by atomic mass is 35.5. The van der Waals surface area contributed by atoms with E-state index in [1.807, 2.05) is 43.3 Å². The fourth-order valence-corrected chi connectivity index (χ4v) is 4.57. The Morgan fingerprint density at radius 2 is 1.54 bits per heavy atom. The Balaban J connectivity index is 1.97. The van der Waals surface area contributed by atoms with E-state index >= 15 is 0 Å². The Hall–Kier alpha value is -4.17. The Kier molecular flexibility index (Phi) is 7.31. The summed E-state index contributed by atoms with van der Waals surface area (Å²) in [4.78, 5) is 30.2. The third-order valence-corrected chi connectivity index (χ3v) is 6.54. The highest BCUT2D eigenvalue weighted by Crippen LogP contribution is 2.45. The van der Waals surface area contributed by atoms with Crippen LogP contribution in [0, 0.1) is 0 Å². The summed E-state index contributed by atoms with van der Waals surface area (Å²) in [5.41, 5.74) is 2.08. The van der Waals surface area contributed by atoms with E-state index in [0.717, 1.165) is 5.69 Å². The predicted molar refractivity (Wildman–Crippen MR) is 143 cm³/mol. The van der Waals surface area contributed by atoms with Crippen molar-refractivity contribution in [3.05, 3.63) is 82.4 Å². The number of hydrogen-bond acceptors (Lipinski definition) is 7. The summed E-state index contributed by atoms with van der Waals surface area (Å²) in [5, 5.41) is 11.8. The normalized spacial score (nSPS) is 16.6. The molecule has 192 valence electrons. The highest BCUT2D eigenvalue weighted by molar-refractivity contribution is 6.52. The Labute approximate surface area is 220 Å². The summed E-state index contributed by atoms with van der Waals surface area (Å²) in [6, 6.07) is 16.1. The zero-order valence-corrected chi connectivity index (χ0v) is 21.9. The third-order valence-electron chi connectivity index (χ3n) is 6.24. The molecule has 0 bridgehead atoms. The topological polar surface area (TPSA) is 88.5 Å². The molecule has 0 radical (unpaired) electrons. The first-order valence-electron chi connectivity index (χ1n) is 11.4. The molecule has 3 aromatic carbocycles. The summed E-state index contributed by atoms with van der Waals surface area (Å²) >= 11 is 6.36. The third kappa shape index (κ3) is 4.68. The second-order valence-corrected chi connectivity index (χ2v) is 8.95. The molecule has 1 aliphatic heterocycles. The molecule has 1 heterocycles. The van der Waals surface area contributed by atoms with Crippen LogP contribution in [0.2, 0.25) is 5.02 Å². The molecule has 1 unspecified atom stereocenters. The van der Waals surface area contributed by atoms with Gasteiger partial charge in [-0.2, -0.15) is 0 Å². The number of carbonyl (C=O) groups is 2. The molecule has 1 fully saturated rings. The van der Waals surface area contributed by atoms with E-state index in [1.165, 1.54) is 26.2 Å². The van der Waals surface area contributed by atoms with Gasteiger partial charge in [0.2, 0.25) is 0 Å². The van der Waals surface area contributed by atoms with Crippen molar-refractivity contribution in [3.8, 4) is 17.2 Å². The molecule has 1 amide bonds. The number of hydrogen-bond donors (Lipinski definition) is 1. The quantitative estimate of drug-likeness (QED) is 0.263. The maximum absolute atomic E-state index is 13.5. The van der Waals surface area contributed by atoms with Crippen LogP contribution in [0.3, 0.4) is 0 Å². The number of nitrogens with zero attached hydrogens (tertiary/aromatic N) is 2. The molecule has 9 heteroatoms. The maximum Gasteiger partial charge on any atom is 0.300 e. The van der Waals surface area contributed by atoms with Crippen LogP contribution in [-0.2, 0) is 9.59 Å². The van der Waals surface area contributed by atoms with E-state index in [0.29, 0.717) is 28.5 Å². The molecule has 8 nitrogen and oxygen atoms in total. The SMILES string of the molecule is COc1ccc(OC)c(/C(O)=C2\C(=O)C(=O)N(c3ccc(OC)c(Cl)c3)C2c2ccc(N(C)C)cc2)c1. The first kappa shape index (κ1) is 25.9. The van der Waals surface area contributed by atoms with Gasteiger partial charge in [0.15, 0.2) is 0 Å². The molecule has 0 saturated carbocycles. The molecular formula is C28H27ClN2O6. The van der Waals surface area contributed by atoms with E-state index in [2.05, 4.69) is 0 Å². The van der Waals surface area contributed by atoms with Gasteiger partial charge in [0.25, 0.3) is 11.7 Å². The summed E-state index contributed by atoms with van der Waals surface area (Å²) in [6.07, 6.45) is 0. The average Bonchev–Trinajstić information content (AvgIpc) is 3.17. The van der Waals surface area contributed by atoms with Gasteiger partial charge in [-0.05, 0) is 54.1 Å². The molecule has 1 saturated heterocycles. The number of ketones is 1. The van der Waals surface area contributed by atoms with Crippen LogP contribution in [0.4, 0.5) is 11.4 Å². The lowest BCUT2D eigenvalue weighted by Crippen LogP contribution is -2.29. The molecule has 0 aromatic heterocycles. The molecule has 1 atom stereocenters. The molecular weight excluding hydrogens is 496 g/mol. The van der Waals surface area contributed by atoms with Gasteiger partial charge in [-0.3, -0.25) is 14.5 Å². The summed E-state index contributed by atoms with van der Waals surface area (Å²) < 4.78 is 16.0. The van der Waals surface area contributed by atoms with Crippen molar-refractivity contribution >= 4 is 40.4 Å². The van der Waals surface area contributed by atoms with Gasteiger partial charge < -0.3 is 24.2 Å². The van der Waals surface area contributed by atoms with E-state index in [-0.39, 0.29) is 21.9 Å². The molecule has 1 N–H and O–H groups in total. The lowest BCUT2D eigenvalue weighted by molar-refractivity contribution is -0.132. The standard InChI is InChI=1S/C28H27ClN2O6/c1-30(2)17-8-6-16(7-9-17)25-24(26(32)20-15-19(35-3)11-13-22(20)36-4)27(33)28(34)31(25)18-10-12-23(37-5)21(29)14-18/h6-15,25,32H,1-5H3/b26-24+. The number of aliphatic hydroxyl groups is 1. The van der Waals surface area contributed by atoms with E-state index < -0.39 is 17.7 Å². The number of amides is 1. The highest BCUT2D eigenvalue weighted by Gasteiger charge is 2.47. The molecule has 1 aliphatic rings. The van der Waals surface area contributed by atoms with E-state index in [4.69, 9.17) is 25.8 Å². The van der Waals surface area contributed by atoms with Crippen molar-refractivity contribution in [2.45, 2.75) is 6.04 Å². The first-order chi connectivity index (χ1) is 17.7. The number of aliphatic hydroxyl groups excluding tert-OH is 1. The minimum atomic E-state index is -0.934. The van der Waals surface area contributed by atoms with Crippen molar-refractivity contribution in [2.75, 3.05) is 45.2 Å². The van der Waals surface area contributed by atoms with Crippen LogP contribution in [0.15, 0.2) is 66.2 Å². The number of Topliss-reactive ketones (excluding diaryl/α,β-unsaturated/α-hetero) is 1. The minimum Gasteiger partial charge on any atom is -0.507 e. The van der Waals surface area contributed by atoms with Gasteiger partial charge in [0.05, 0.1) is 43.5 Å². The van der Waals surface area contributed by atoms with Gasteiger partial charge in [-0.15, -0.1) is 0 Å². The lowest BCUT2D eigenvalue weighted by atomic mass is 9.94. The van der Waals surface area contributed by atoms with E-state index in [9.17, 15) is 14.7 Å². The number of halogens is 1. The van der Waals surface area contributed by atoms with Crippen LogP contribution in [0.25, 0.3) is 5.76 Å². The molecule has 4 rings (SSSR count). The Morgan fingerprint density at radius 3 is 2.11 bits per heavy atom. The number of ether oxygens (including phenoxy) is 3. The number of rotatable bonds is 7. The van der Waals surface area contributed by atoms with Crippen molar-refractivity contribution in [3.63, 3.8) is 0 Å². The predicted octanol–water partition coefficient (Wildman–Crippen LogP) is 5.06. The maximum atomic E-state index is 13.5. The van der Waals surface area contributed by atoms with Crippen LogP contribution >= 0.6 is 11.6 Å². The lowest BCUT2D eigenvalue weighted by Gasteiger charge is -2.26. The fraction of sp³-hybridized carbons (Fsp3) is 0.214. The second-order valence-electron chi connectivity index (χ2n) is 8.54. The van der Waals surface area contributed by atoms with Gasteiger partial charge in [0, 0.05) is 25.5 Å². The van der Waals surface area contributed by atoms with Crippen LogP contribution < -0.4 is 24.0 Å². The summed E-state index contributed by atoms with van der Waals surface area (Å²) in [6.45, 7) is 0. The summed E-state index contributed by atoms with van der Waals surface area (Å²) in [7, 11) is 8.25. The first-order valence-corrected chi connectivity index (χ1v) is 11.7. The van der Waals surface area contributed by atoms with Crippen LogP contribution in [0.5, 0.6) is 17.2 Å². The van der Waals surface area contributed by atoms with Crippen molar-refractivity contribution in [1.29, 1.82) is 0 Å². The monoisotopic (exact) mass is 522 g/mol. The Bertz CT molecular complexity index is 1380. The number of carbonyl (C=O) groups excluding carboxylic acids is 2. The number of anilines is 2. The van der Waals surface area contributed by atoms with Crippen molar-refractivity contribution in [2.24, 2.45) is 0 Å². The zero-order valence-electron chi connectivity index (χ0n) is 21.1. The number of methoxy groups -OCH3 is 3. The minimum absolute atomic E-state index is 0.0823. The molecule has 3 aromatic rings. The van der Waals surface area contributed by atoms with Crippen LogP contribution in [0.1, 0.15) is 17.2 Å². The smallest absolute Gasteiger partial charge is 0.300 e. The van der Waals surface area contributed by atoms with Gasteiger partial charge in [-0.1, -0.05) is 23.7 Å². The molecule has 37 heavy (non-hydrogen) atoms. The van der Waals surface area contributed by atoms with Crippen LogP contribution in [-0.4, -0.2) is 52.2 Å². The largest absolute Gasteiger partial charge is 0.507 e. The average molecular weight is 523 g/mol. The molecule has 0 aliphatic carbocycles. The number of benzene rings is 3. The fourth-order valence-electron chi connectivity index (χ4n) is 4.32.